The summed E-state index contributed by atoms with van der Waals surface area (Å²) in [5.74, 6) is 1.92. The molecule has 0 saturated heterocycles. The highest BCUT2D eigenvalue weighted by Crippen LogP contribution is 1.96. The Labute approximate surface area is 90.8 Å². The Morgan fingerprint density at radius 3 is 2.80 bits per heavy atom. The number of nitrogens with zero attached hydrogens (tertiary/aromatic N) is 3. The minimum Gasteiger partial charge on any atom is -0.382 e. The van der Waals surface area contributed by atoms with E-state index < -0.39 is 0 Å². The van der Waals surface area contributed by atoms with Crippen molar-refractivity contribution in [3.8, 4) is 0 Å². The Kier molecular flexibility index (Phi) is 5.28. The van der Waals surface area contributed by atoms with Crippen molar-refractivity contribution in [3.63, 3.8) is 0 Å². The zero-order chi connectivity index (χ0) is 11.1. The fourth-order valence-corrected chi connectivity index (χ4v) is 1.25. The number of aryl methyl sites for hydroxylation is 1. The minimum atomic E-state index is 0.767. The second kappa shape index (κ2) is 6.53. The molecule has 5 nitrogen and oxygen atoms in total. The Bertz CT molecular complexity index is 285. The van der Waals surface area contributed by atoms with Gasteiger partial charge in [-0.1, -0.05) is 0 Å². The monoisotopic (exact) mass is 212 g/mol. The maximum absolute atomic E-state index is 5.24. The standard InChI is InChI=1S/C10H20N4O/c1-4-15-7-5-6-11-8-10-13-12-9(2)14(10)3/h11H,4-8H2,1-3H3. The molecule has 0 amide bonds. The first-order valence-corrected chi connectivity index (χ1v) is 5.39. The highest BCUT2D eigenvalue weighted by molar-refractivity contribution is 4.91. The van der Waals surface area contributed by atoms with E-state index in [1.807, 2.05) is 25.5 Å². The van der Waals surface area contributed by atoms with Gasteiger partial charge in [0.15, 0.2) is 0 Å². The molecule has 1 aromatic rings. The number of hydrogen-bond acceptors (Lipinski definition) is 4. The minimum absolute atomic E-state index is 0.767. The van der Waals surface area contributed by atoms with Gasteiger partial charge in [-0.3, -0.25) is 0 Å². The molecule has 15 heavy (non-hydrogen) atoms. The van der Waals surface area contributed by atoms with Crippen LogP contribution in [0.4, 0.5) is 0 Å². The maximum atomic E-state index is 5.24. The number of hydrogen-bond donors (Lipinski definition) is 1. The third kappa shape index (κ3) is 3.97. The normalized spacial score (nSPS) is 10.9. The van der Waals surface area contributed by atoms with E-state index in [4.69, 9.17) is 4.74 Å². The average Bonchev–Trinajstić information content (AvgIpc) is 2.54. The summed E-state index contributed by atoms with van der Waals surface area (Å²) in [6.07, 6.45) is 1.03. The van der Waals surface area contributed by atoms with Crippen molar-refractivity contribution < 1.29 is 4.74 Å². The first-order chi connectivity index (χ1) is 7.25. The number of ether oxygens (including phenoxy) is 1. The van der Waals surface area contributed by atoms with Crippen LogP contribution in [0.15, 0.2) is 0 Å². The van der Waals surface area contributed by atoms with Crippen molar-refractivity contribution in [3.05, 3.63) is 11.6 Å². The summed E-state index contributed by atoms with van der Waals surface area (Å²) in [5, 5.41) is 11.4. The molecule has 0 radical (unpaired) electrons. The van der Waals surface area contributed by atoms with Crippen LogP contribution >= 0.6 is 0 Å². The van der Waals surface area contributed by atoms with Crippen molar-refractivity contribution >= 4 is 0 Å². The lowest BCUT2D eigenvalue weighted by atomic mass is 10.4. The van der Waals surface area contributed by atoms with Gasteiger partial charge in [0.25, 0.3) is 0 Å². The molecule has 0 atom stereocenters. The van der Waals surface area contributed by atoms with E-state index >= 15 is 0 Å². The largest absolute Gasteiger partial charge is 0.382 e. The Hall–Kier alpha value is -0.940. The lowest BCUT2D eigenvalue weighted by Crippen LogP contribution is -2.18. The molecule has 0 aromatic carbocycles. The highest BCUT2D eigenvalue weighted by Gasteiger charge is 2.02. The molecule has 0 spiro atoms. The van der Waals surface area contributed by atoms with Gasteiger partial charge in [-0.2, -0.15) is 0 Å². The maximum Gasteiger partial charge on any atom is 0.146 e. The molecule has 1 N–H and O–H groups in total. The molecular formula is C10H20N4O. The first kappa shape index (κ1) is 12.1. The van der Waals surface area contributed by atoms with E-state index in [2.05, 4.69) is 15.5 Å². The predicted octanol–water partition coefficient (Wildman–Crippen LogP) is 0.640. The van der Waals surface area contributed by atoms with Crippen LogP contribution in [0.25, 0.3) is 0 Å². The molecule has 1 heterocycles. The fourth-order valence-electron chi connectivity index (χ4n) is 1.25. The van der Waals surface area contributed by atoms with Gasteiger partial charge in [0.05, 0.1) is 6.54 Å². The van der Waals surface area contributed by atoms with E-state index in [0.29, 0.717) is 0 Å². The van der Waals surface area contributed by atoms with Gasteiger partial charge in [-0.25, -0.2) is 0 Å². The number of aromatic nitrogens is 3. The summed E-state index contributed by atoms with van der Waals surface area (Å²) in [5.41, 5.74) is 0. The summed E-state index contributed by atoms with van der Waals surface area (Å²) in [6, 6.07) is 0. The SMILES string of the molecule is CCOCCCNCc1nnc(C)n1C. The zero-order valence-corrected chi connectivity index (χ0v) is 9.79. The van der Waals surface area contributed by atoms with E-state index in [-0.39, 0.29) is 0 Å². The van der Waals surface area contributed by atoms with E-state index in [1.54, 1.807) is 0 Å². The Morgan fingerprint density at radius 2 is 2.20 bits per heavy atom. The summed E-state index contributed by atoms with van der Waals surface area (Å²) >= 11 is 0. The van der Waals surface area contributed by atoms with Crippen LogP contribution in [0.2, 0.25) is 0 Å². The molecule has 86 valence electrons. The van der Waals surface area contributed by atoms with Crippen LogP contribution in [0.1, 0.15) is 25.0 Å². The van der Waals surface area contributed by atoms with E-state index in [1.165, 1.54) is 0 Å². The van der Waals surface area contributed by atoms with Crippen LogP contribution < -0.4 is 5.32 Å². The summed E-state index contributed by atoms with van der Waals surface area (Å²) < 4.78 is 7.24. The van der Waals surface area contributed by atoms with Crippen LogP contribution in [-0.4, -0.2) is 34.5 Å². The summed E-state index contributed by atoms with van der Waals surface area (Å²) in [7, 11) is 1.98. The quantitative estimate of drug-likeness (QED) is 0.674. The second-order valence-corrected chi connectivity index (χ2v) is 3.45. The van der Waals surface area contributed by atoms with Gasteiger partial charge < -0.3 is 14.6 Å². The lowest BCUT2D eigenvalue weighted by molar-refractivity contribution is 0.144. The Balaban J connectivity index is 2.12. The van der Waals surface area contributed by atoms with Crippen molar-refractivity contribution in [2.45, 2.75) is 26.8 Å². The van der Waals surface area contributed by atoms with Gasteiger partial charge in [-0.15, -0.1) is 10.2 Å². The van der Waals surface area contributed by atoms with Crippen molar-refractivity contribution in [2.75, 3.05) is 19.8 Å². The van der Waals surface area contributed by atoms with Crippen LogP contribution in [0, 0.1) is 6.92 Å². The average molecular weight is 212 g/mol. The molecule has 1 rings (SSSR count). The molecule has 1 aromatic heterocycles. The van der Waals surface area contributed by atoms with Crippen LogP contribution in [-0.2, 0) is 18.3 Å². The predicted molar refractivity (Wildman–Crippen MR) is 58.6 cm³/mol. The molecule has 0 aliphatic carbocycles. The Morgan fingerprint density at radius 1 is 1.40 bits per heavy atom. The fraction of sp³-hybridized carbons (Fsp3) is 0.800. The third-order valence-corrected chi connectivity index (χ3v) is 2.31. The smallest absolute Gasteiger partial charge is 0.146 e. The summed E-state index contributed by atoms with van der Waals surface area (Å²) in [6.45, 7) is 7.29. The van der Waals surface area contributed by atoms with E-state index in [0.717, 1.165) is 44.4 Å². The topological polar surface area (TPSA) is 52.0 Å². The highest BCUT2D eigenvalue weighted by atomic mass is 16.5. The van der Waals surface area contributed by atoms with Crippen molar-refractivity contribution in [2.24, 2.45) is 7.05 Å². The first-order valence-electron chi connectivity index (χ1n) is 5.39. The second-order valence-electron chi connectivity index (χ2n) is 3.45. The molecule has 0 aliphatic heterocycles. The molecular weight excluding hydrogens is 192 g/mol. The number of nitrogens with one attached hydrogen (secondary N) is 1. The molecule has 5 heteroatoms. The molecule has 0 unspecified atom stereocenters. The van der Waals surface area contributed by atoms with E-state index in [9.17, 15) is 0 Å². The lowest BCUT2D eigenvalue weighted by Gasteiger charge is -2.04. The summed E-state index contributed by atoms with van der Waals surface area (Å²) in [4.78, 5) is 0. The molecule has 0 fully saturated rings. The van der Waals surface area contributed by atoms with Crippen molar-refractivity contribution in [1.82, 2.24) is 20.1 Å². The number of rotatable bonds is 7. The van der Waals surface area contributed by atoms with Gasteiger partial charge in [0.2, 0.25) is 0 Å². The van der Waals surface area contributed by atoms with Gasteiger partial charge in [0.1, 0.15) is 11.6 Å². The molecule has 0 saturated carbocycles. The molecule has 0 bridgehead atoms. The van der Waals surface area contributed by atoms with Gasteiger partial charge >= 0.3 is 0 Å². The zero-order valence-electron chi connectivity index (χ0n) is 9.79. The van der Waals surface area contributed by atoms with Crippen molar-refractivity contribution in [1.29, 1.82) is 0 Å². The molecule has 0 aliphatic rings. The van der Waals surface area contributed by atoms with Gasteiger partial charge in [-0.05, 0) is 26.8 Å². The third-order valence-electron chi connectivity index (χ3n) is 2.31. The van der Waals surface area contributed by atoms with Crippen LogP contribution in [0.5, 0.6) is 0 Å². The van der Waals surface area contributed by atoms with Gasteiger partial charge in [0, 0.05) is 20.3 Å². The van der Waals surface area contributed by atoms with Crippen LogP contribution in [0.3, 0.4) is 0 Å².